The van der Waals surface area contributed by atoms with E-state index >= 15 is 0 Å². The number of amidine groups is 1. The fraction of sp³-hybridized carbons (Fsp3) is 0.200. The molecule has 0 aliphatic heterocycles. The maximum Gasteiger partial charge on any atom is 0.123 e. The molecule has 2 nitrogen and oxygen atoms in total. The van der Waals surface area contributed by atoms with Gasteiger partial charge in [0.25, 0.3) is 0 Å². The van der Waals surface area contributed by atoms with Gasteiger partial charge in [0, 0.05) is 6.42 Å². The van der Waals surface area contributed by atoms with E-state index in [0.29, 0.717) is 6.42 Å². The summed E-state index contributed by atoms with van der Waals surface area (Å²) in [6.45, 7) is 6.58. The van der Waals surface area contributed by atoms with Crippen LogP contribution in [0.2, 0.25) is 0 Å². The molecule has 0 radical (unpaired) electrons. The fourth-order valence-electron chi connectivity index (χ4n) is 0.201. The van der Waals surface area contributed by atoms with E-state index < -0.39 is 0 Å². The second-order valence-corrected chi connectivity index (χ2v) is 1.10. The van der Waals surface area contributed by atoms with E-state index in [4.69, 9.17) is 5.41 Å². The quantitative estimate of drug-likeness (QED) is 0.305. The molecule has 0 atom stereocenters. The maximum absolute atomic E-state index is 6.84. The molecule has 0 aromatic heterocycles. The van der Waals surface area contributed by atoms with Crippen molar-refractivity contribution in [3.8, 4) is 0 Å². The third kappa shape index (κ3) is 2.89. The fourth-order valence-corrected chi connectivity index (χ4v) is 0.201. The number of aliphatic imine (C=N–C) groups is 1. The topological polar surface area (TPSA) is 36.2 Å². The van der Waals surface area contributed by atoms with Crippen LogP contribution in [-0.2, 0) is 0 Å². The lowest BCUT2D eigenvalue weighted by molar-refractivity contribution is 1.33. The van der Waals surface area contributed by atoms with Gasteiger partial charge in [0.05, 0.1) is 0 Å². The Kier molecular flexibility index (Phi) is 2.85. The predicted molar refractivity (Wildman–Crippen MR) is 32.1 cm³/mol. The third-order valence-electron chi connectivity index (χ3n) is 0.529. The second kappa shape index (κ2) is 3.28. The highest BCUT2D eigenvalue weighted by Crippen LogP contribution is 1.81. The number of hydrogen-bond donors (Lipinski definition) is 1. The third-order valence-corrected chi connectivity index (χ3v) is 0.529. The number of hydrogen-bond acceptors (Lipinski definition) is 1. The molecular formula is C5H8N2. The van der Waals surface area contributed by atoms with E-state index in [1.807, 2.05) is 0 Å². The van der Waals surface area contributed by atoms with E-state index in [-0.39, 0.29) is 5.84 Å². The molecule has 0 rings (SSSR count). The summed E-state index contributed by atoms with van der Waals surface area (Å²) in [4.78, 5) is 3.34. The van der Waals surface area contributed by atoms with Gasteiger partial charge in [-0.05, 0) is 6.72 Å². The average Bonchev–Trinajstić information content (AvgIpc) is 1.68. The molecule has 1 N–H and O–H groups in total. The molecule has 38 valence electrons. The first-order chi connectivity index (χ1) is 3.31. The van der Waals surface area contributed by atoms with Crippen LogP contribution in [0.3, 0.4) is 0 Å². The van der Waals surface area contributed by atoms with Gasteiger partial charge in [0.1, 0.15) is 5.84 Å². The van der Waals surface area contributed by atoms with E-state index in [0.717, 1.165) is 0 Å². The predicted octanol–water partition coefficient (Wildman–Crippen LogP) is 1.24. The van der Waals surface area contributed by atoms with Crippen LogP contribution < -0.4 is 0 Å². The van der Waals surface area contributed by atoms with Crippen molar-refractivity contribution in [2.75, 3.05) is 0 Å². The van der Waals surface area contributed by atoms with E-state index in [9.17, 15) is 0 Å². The molecule has 2 heteroatoms. The second-order valence-electron chi connectivity index (χ2n) is 1.10. The first-order valence-electron chi connectivity index (χ1n) is 1.96. The molecule has 7 heavy (non-hydrogen) atoms. The molecule has 0 aliphatic rings. The Morgan fingerprint density at radius 1 is 1.86 bits per heavy atom. The Labute approximate surface area is 43.1 Å². The number of nitrogens with zero attached hydrogens (tertiary/aromatic N) is 1. The molecule has 0 aromatic rings. The number of nitrogens with one attached hydrogen (secondary N) is 1. The molecule has 0 fully saturated rings. The summed E-state index contributed by atoms with van der Waals surface area (Å²) >= 11 is 0. The monoisotopic (exact) mass is 96.1 g/mol. The van der Waals surface area contributed by atoms with Crippen LogP contribution >= 0.6 is 0 Å². The van der Waals surface area contributed by atoms with Gasteiger partial charge in [-0.3, -0.25) is 5.41 Å². The summed E-state index contributed by atoms with van der Waals surface area (Å²) in [6, 6.07) is 0. The SMILES string of the molecule is C=CCC(=N)N=C. The van der Waals surface area contributed by atoms with E-state index in [1.54, 1.807) is 6.08 Å². The molecule has 0 heterocycles. The number of rotatable bonds is 2. The van der Waals surface area contributed by atoms with Crippen molar-refractivity contribution in [1.82, 2.24) is 0 Å². The minimum Gasteiger partial charge on any atom is -0.286 e. The van der Waals surface area contributed by atoms with Gasteiger partial charge in [0.2, 0.25) is 0 Å². The van der Waals surface area contributed by atoms with Crippen LogP contribution in [0, 0.1) is 5.41 Å². The van der Waals surface area contributed by atoms with Gasteiger partial charge in [0.15, 0.2) is 0 Å². The van der Waals surface area contributed by atoms with E-state index in [1.165, 1.54) is 0 Å². The highest BCUT2D eigenvalue weighted by molar-refractivity contribution is 5.84. The first kappa shape index (κ1) is 6.08. The van der Waals surface area contributed by atoms with Crippen LogP contribution in [0.15, 0.2) is 17.6 Å². The minimum atomic E-state index is 0.273. The van der Waals surface area contributed by atoms with Crippen molar-refractivity contribution >= 4 is 12.6 Å². The van der Waals surface area contributed by atoms with Crippen LogP contribution in [0.25, 0.3) is 0 Å². The summed E-state index contributed by atoms with van der Waals surface area (Å²) < 4.78 is 0. The van der Waals surface area contributed by atoms with Gasteiger partial charge in [-0.2, -0.15) is 0 Å². The zero-order chi connectivity index (χ0) is 5.70. The Balaban J connectivity index is 3.36. The summed E-state index contributed by atoms with van der Waals surface area (Å²) in [7, 11) is 0. The lowest BCUT2D eigenvalue weighted by atomic mass is 10.4. The molecular weight excluding hydrogens is 88.1 g/mol. The molecule has 0 amide bonds. The van der Waals surface area contributed by atoms with Gasteiger partial charge < -0.3 is 0 Å². The highest BCUT2D eigenvalue weighted by Gasteiger charge is 1.80. The summed E-state index contributed by atoms with van der Waals surface area (Å²) in [5, 5.41) is 6.84. The Morgan fingerprint density at radius 2 is 2.43 bits per heavy atom. The molecule has 0 saturated carbocycles. The van der Waals surface area contributed by atoms with Crippen LogP contribution in [0.4, 0.5) is 0 Å². The molecule has 0 spiro atoms. The van der Waals surface area contributed by atoms with Gasteiger partial charge >= 0.3 is 0 Å². The normalized spacial score (nSPS) is 7.43. The van der Waals surface area contributed by atoms with Crippen molar-refractivity contribution in [1.29, 1.82) is 5.41 Å². The smallest absolute Gasteiger partial charge is 0.123 e. The Morgan fingerprint density at radius 3 is 2.57 bits per heavy atom. The lowest BCUT2D eigenvalue weighted by Crippen LogP contribution is -1.84. The molecule has 0 aliphatic carbocycles. The standard InChI is InChI=1S/C5H8N2/c1-3-4-5(6)7-2/h3,6H,1-2,4H2. The van der Waals surface area contributed by atoms with Crippen molar-refractivity contribution in [3.63, 3.8) is 0 Å². The average molecular weight is 96.1 g/mol. The van der Waals surface area contributed by atoms with Crippen molar-refractivity contribution in [3.05, 3.63) is 12.7 Å². The summed E-state index contributed by atoms with van der Waals surface area (Å²) in [5.74, 6) is 0.273. The summed E-state index contributed by atoms with van der Waals surface area (Å²) in [6.07, 6.45) is 2.14. The molecule has 0 bridgehead atoms. The maximum atomic E-state index is 6.84. The van der Waals surface area contributed by atoms with E-state index in [2.05, 4.69) is 18.3 Å². The zero-order valence-corrected chi connectivity index (χ0v) is 4.15. The summed E-state index contributed by atoms with van der Waals surface area (Å²) in [5.41, 5.74) is 0. The molecule has 0 saturated heterocycles. The Bertz CT molecular complexity index is 94.3. The van der Waals surface area contributed by atoms with Gasteiger partial charge in [-0.1, -0.05) is 6.08 Å². The van der Waals surface area contributed by atoms with Crippen molar-refractivity contribution in [2.45, 2.75) is 6.42 Å². The largest absolute Gasteiger partial charge is 0.286 e. The zero-order valence-electron chi connectivity index (χ0n) is 4.15. The highest BCUT2D eigenvalue weighted by atomic mass is 14.8. The van der Waals surface area contributed by atoms with Crippen LogP contribution in [0.1, 0.15) is 6.42 Å². The minimum absolute atomic E-state index is 0.273. The van der Waals surface area contributed by atoms with Gasteiger partial charge in [-0.25, -0.2) is 4.99 Å². The van der Waals surface area contributed by atoms with Gasteiger partial charge in [-0.15, -0.1) is 6.58 Å². The molecule has 0 aromatic carbocycles. The molecule has 0 unspecified atom stereocenters. The van der Waals surface area contributed by atoms with Crippen LogP contribution in [0.5, 0.6) is 0 Å². The lowest BCUT2D eigenvalue weighted by Gasteiger charge is -1.83. The first-order valence-corrected chi connectivity index (χ1v) is 1.96. The van der Waals surface area contributed by atoms with Crippen molar-refractivity contribution < 1.29 is 0 Å². The van der Waals surface area contributed by atoms with Crippen LogP contribution in [-0.4, -0.2) is 12.6 Å². The van der Waals surface area contributed by atoms with Crippen molar-refractivity contribution in [2.24, 2.45) is 4.99 Å². The Hall–Kier alpha value is -0.920.